The predicted molar refractivity (Wildman–Crippen MR) is 205 cm³/mol. The maximum absolute atomic E-state index is 13.9. The Morgan fingerprint density at radius 1 is 0.620 bits per heavy atom. The summed E-state index contributed by atoms with van der Waals surface area (Å²) in [7, 11) is 0. The molecule has 6 aromatic carbocycles. The van der Waals surface area contributed by atoms with E-state index >= 15 is 0 Å². The van der Waals surface area contributed by atoms with Crippen LogP contribution in [-0.4, -0.2) is 17.7 Å². The Morgan fingerprint density at radius 2 is 1.28 bits per heavy atom. The lowest BCUT2D eigenvalue weighted by molar-refractivity contribution is -0.116. The number of nitrogens with one attached hydrogen (secondary N) is 3. The van der Waals surface area contributed by atoms with Crippen molar-refractivity contribution in [2.45, 2.75) is 29.9 Å². The lowest BCUT2D eigenvalue weighted by Gasteiger charge is -2.18. The molecule has 6 aromatic rings. The topological polar surface area (TPSA) is 87.3 Å². The van der Waals surface area contributed by atoms with Crippen LogP contribution in [0.4, 0.5) is 11.4 Å². The van der Waals surface area contributed by atoms with E-state index in [-0.39, 0.29) is 11.6 Å². The van der Waals surface area contributed by atoms with Crippen molar-refractivity contribution < 1.29 is 14.4 Å². The van der Waals surface area contributed by atoms with E-state index in [1.807, 2.05) is 121 Å². The van der Waals surface area contributed by atoms with Gasteiger partial charge in [-0.05, 0) is 81.9 Å². The molecule has 0 bridgehead atoms. The molecular formula is C43H37N3O3S. The van der Waals surface area contributed by atoms with Crippen LogP contribution in [0, 0.1) is 0 Å². The number of fused-ring (bicyclic) bond motifs is 1. The molecule has 248 valence electrons. The molecule has 1 atom stereocenters. The van der Waals surface area contributed by atoms with Gasteiger partial charge in [0.2, 0.25) is 5.91 Å². The van der Waals surface area contributed by atoms with Crippen molar-refractivity contribution in [1.82, 2.24) is 5.32 Å². The molecule has 0 spiro atoms. The van der Waals surface area contributed by atoms with Gasteiger partial charge in [-0.1, -0.05) is 123 Å². The van der Waals surface area contributed by atoms with E-state index < -0.39 is 17.1 Å². The number of carbonyl (C=O) groups is 3. The summed E-state index contributed by atoms with van der Waals surface area (Å²) >= 11 is 1.39. The Morgan fingerprint density at radius 3 is 2.02 bits per heavy atom. The molecule has 0 radical (unpaired) electrons. The molecule has 0 fully saturated rings. The quantitative estimate of drug-likeness (QED) is 0.0943. The second-order valence-corrected chi connectivity index (χ2v) is 13.3. The molecule has 0 aliphatic heterocycles. The van der Waals surface area contributed by atoms with Crippen LogP contribution in [0.1, 0.15) is 52.1 Å². The van der Waals surface area contributed by atoms with Gasteiger partial charge in [0.1, 0.15) is 10.9 Å². The van der Waals surface area contributed by atoms with Gasteiger partial charge in [0, 0.05) is 21.8 Å². The van der Waals surface area contributed by atoms with Crippen LogP contribution in [0.2, 0.25) is 0 Å². The summed E-state index contributed by atoms with van der Waals surface area (Å²) in [5, 5.41) is 10.3. The Bertz CT molecular complexity index is 2140. The summed E-state index contributed by atoms with van der Waals surface area (Å²) in [5.74, 6) is -0.638. The van der Waals surface area contributed by atoms with Gasteiger partial charge in [-0.2, -0.15) is 0 Å². The average Bonchev–Trinajstić information content (AvgIpc) is 3.14. The van der Waals surface area contributed by atoms with Crippen molar-refractivity contribution in [3.05, 3.63) is 180 Å². The van der Waals surface area contributed by atoms with Crippen LogP contribution in [0.5, 0.6) is 0 Å². The van der Waals surface area contributed by atoms with Crippen molar-refractivity contribution in [2.75, 3.05) is 10.6 Å². The average molecular weight is 676 g/mol. The Hall–Kier alpha value is -5.92. The fourth-order valence-corrected chi connectivity index (χ4v) is 6.60. The molecule has 3 N–H and O–H groups in total. The zero-order valence-corrected chi connectivity index (χ0v) is 28.6. The third kappa shape index (κ3) is 8.56. The second kappa shape index (κ2) is 16.0. The molecule has 50 heavy (non-hydrogen) atoms. The van der Waals surface area contributed by atoms with E-state index in [1.165, 1.54) is 17.3 Å². The number of rotatable bonds is 11. The first kappa shape index (κ1) is 34.0. The van der Waals surface area contributed by atoms with Crippen LogP contribution in [-0.2, 0) is 9.59 Å². The summed E-state index contributed by atoms with van der Waals surface area (Å²) in [4.78, 5) is 41.6. The minimum Gasteiger partial charge on any atom is -0.325 e. The Kier molecular flexibility index (Phi) is 10.9. The largest absolute Gasteiger partial charge is 0.325 e. The molecule has 0 heterocycles. The molecule has 7 heteroatoms. The Balaban J connectivity index is 1.25. The Labute approximate surface area is 296 Å². The molecule has 0 aliphatic rings. The zero-order chi connectivity index (χ0) is 34.9. The highest BCUT2D eigenvalue weighted by atomic mass is 32.2. The highest BCUT2D eigenvalue weighted by molar-refractivity contribution is 8.00. The molecular weight excluding hydrogens is 639 g/mol. The van der Waals surface area contributed by atoms with Gasteiger partial charge in [-0.15, -0.1) is 11.8 Å². The third-order valence-corrected chi connectivity index (χ3v) is 9.43. The molecule has 0 aliphatic carbocycles. The highest BCUT2D eigenvalue weighted by Crippen LogP contribution is 2.37. The van der Waals surface area contributed by atoms with Gasteiger partial charge in [0.25, 0.3) is 11.8 Å². The molecule has 6 rings (SSSR count). The van der Waals surface area contributed by atoms with Crippen molar-refractivity contribution in [3.63, 3.8) is 0 Å². The first-order chi connectivity index (χ1) is 24.3. The van der Waals surface area contributed by atoms with Crippen molar-refractivity contribution in [2.24, 2.45) is 0 Å². The lowest BCUT2D eigenvalue weighted by atomic mass is 10.0. The fraction of sp³-hybridized carbons (Fsp3) is 0.0930. The van der Waals surface area contributed by atoms with Crippen LogP contribution in [0.15, 0.2) is 162 Å². The number of hydrogen-bond acceptors (Lipinski definition) is 4. The molecule has 0 saturated heterocycles. The van der Waals surface area contributed by atoms with E-state index in [9.17, 15) is 14.4 Å². The summed E-state index contributed by atoms with van der Waals surface area (Å²) < 4.78 is 0. The standard InChI is InChI=1S/C43H37N3O3S/c1-29(2)30-23-25-35(26-24-30)44-43(49)40(32-14-5-3-6-15-32)50-37-21-12-20-36(28-37)45-42(48)39(46-41(47)33-16-7-4-8-17-33)27-34-19-11-18-31-13-9-10-22-38(31)34/h3-29,40H,1-2H3,(H,44,49)(H,45,48)(H,46,47)/b39-27+. The molecule has 6 nitrogen and oxygen atoms in total. The lowest BCUT2D eigenvalue weighted by Crippen LogP contribution is -2.30. The summed E-state index contributed by atoms with van der Waals surface area (Å²) in [6.07, 6.45) is 1.70. The molecule has 0 aromatic heterocycles. The first-order valence-corrected chi connectivity index (χ1v) is 17.3. The normalized spacial score (nSPS) is 11.9. The van der Waals surface area contributed by atoms with Crippen molar-refractivity contribution in [3.8, 4) is 0 Å². The number of anilines is 2. The molecule has 3 amide bonds. The third-order valence-electron chi connectivity index (χ3n) is 8.18. The first-order valence-electron chi connectivity index (χ1n) is 16.4. The molecule has 1 unspecified atom stereocenters. The van der Waals surface area contributed by atoms with Gasteiger partial charge in [0.15, 0.2) is 0 Å². The SMILES string of the molecule is CC(C)c1ccc(NC(=O)C(Sc2cccc(NC(=O)/C(=C\c3cccc4ccccc34)NC(=O)c3ccccc3)c2)c2ccccc2)cc1. The minimum atomic E-state index is -0.557. The van der Waals surface area contributed by atoms with E-state index in [4.69, 9.17) is 0 Å². The smallest absolute Gasteiger partial charge is 0.272 e. The summed E-state index contributed by atoms with van der Waals surface area (Å²) in [5.41, 5.74) is 4.63. The van der Waals surface area contributed by atoms with Crippen LogP contribution in [0.25, 0.3) is 16.8 Å². The van der Waals surface area contributed by atoms with Gasteiger partial charge >= 0.3 is 0 Å². The fourth-order valence-electron chi connectivity index (χ4n) is 5.52. The van der Waals surface area contributed by atoms with Crippen LogP contribution < -0.4 is 16.0 Å². The van der Waals surface area contributed by atoms with Crippen LogP contribution >= 0.6 is 11.8 Å². The van der Waals surface area contributed by atoms with Crippen molar-refractivity contribution >= 4 is 57.7 Å². The predicted octanol–water partition coefficient (Wildman–Crippen LogP) is 9.84. The summed E-state index contributed by atoms with van der Waals surface area (Å²) in [6.45, 7) is 4.27. The number of amides is 3. The van der Waals surface area contributed by atoms with Gasteiger partial charge in [-0.3, -0.25) is 14.4 Å². The van der Waals surface area contributed by atoms with E-state index in [2.05, 4.69) is 29.8 Å². The van der Waals surface area contributed by atoms with E-state index in [0.29, 0.717) is 17.2 Å². The number of thioether (sulfide) groups is 1. The maximum atomic E-state index is 13.9. The summed E-state index contributed by atoms with van der Waals surface area (Å²) in [6, 6.07) is 47.4. The zero-order valence-electron chi connectivity index (χ0n) is 27.8. The van der Waals surface area contributed by atoms with Gasteiger partial charge in [-0.25, -0.2) is 0 Å². The van der Waals surface area contributed by atoms with Gasteiger partial charge in [0.05, 0.1) is 0 Å². The van der Waals surface area contributed by atoms with Crippen molar-refractivity contribution in [1.29, 1.82) is 0 Å². The van der Waals surface area contributed by atoms with E-state index in [1.54, 1.807) is 36.4 Å². The number of hydrogen-bond donors (Lipinski definition) is 3. The monoisotopic (exact) mass is 675 g/mol. The second-order valence-electron chi connectivity index (χ2n) is 12.1. The van der Waals surface area contributed by atoms with E-state index in [0.717, 1.165) is 32.5 Å². The number of benzene rings is 6. The molecule has 0 saturated carbocycles. The highest BCUT2D eigenvalue weighted by Gasteiger charge is 2.23. The minimum absolute atomic E-state index is 0.0956. The van der Waals surface area contributed by atoms with Gasteiger partial charge < -0.3 is 16.0 Å². The number of carbonyl (C=O) groups excluding carboxylic acids is 3. The maximum Gasteiger partial charge on any atom is 0.272 e. The van der Waals surface area contributed by atoms with Crippen LogP contribution in [0.3, 0.4) is 0 Å².